The molecule has 0 amide bonds. The highest BCUT2D eigenvalue weighted by molar-refractivity contribution is 5.86. The first-order valence-corrected chi connectivity index (χ1v) is 7.07. The fraction of sp³-hybridized carbons (Fsp3) is 0.375. The van der Waals surface area contributed by atoms with Crippen LogP contribution in [0.5, 0.6) is 5.75 Å². The third-order valence-electron chi connectivity index (χ3n) is 3.83. The summed E-state index contributed by atoms with van der Waals surface area (Å²) < 4.78 is 11.0. The summed E-state index contributed by atoms with van der Waals surface area (Å²) in [6.45, 7) is 2.66. The largest absolute Gasteiger partial charge is 0.493 e. The molecular formula is C16H17NO4. The highest BCUT2D eigenvalue weighted by Crippen LogP contribution is 2.33. The lowest BCUT2D eigenvalue weighted by molar-refractivity contribution is 0.0686. The van der Waals surface area contributed by atoms with Crippen LogP contribution in [-0.4, -0.2) is 22.8 Å². The van der Waals surface area contributed by atoms with E-state index in [-0.39, 0.29) is 5.69 Å². The molecular weight excluding hydrogens is 270 g/mol. The van der Waals surface area contributed by atoms with Gasteiger partial charge < -0.3 is 14.4 Å². The first-order chi connectivity index (χ1) is 10.1. The van der Waals surface area contributed by atoms with Gasteiger partial charge in [-0.25, -0.2) is 4.79 Å². The molecule has 1 fully saturated rings. The van der Waals surface area contributed by atoms with Crippen LogP contribution >= 0.6 is 0 Å². The molecule has 1 N–H and O–H groups in total. The van der Waals surface area contributed by atoms with Crippen molar-refractivity contribution in [1.82, 2.24) is 5.16 Å². The summed E-state index contributed by atoms with van der Waals surface area (Å²) in [6, 6.07) is 7.20. The molecule has 2 aromatic rings. The van der Waals surface area contributed by atoms with Crippen molar-refractivity contribution in [2.24, 2.45) is 5.92 Å². The zero-order valence-corrected chi connectivity index (χ0v) is 11.8. The third kappa shape index (κ3) is 2.91. The van der Waals surface area contributed by atoms with Crippen LogP contribution in [0.25, 0.3) is 11.3 Å². The second kappa shape index (κ2) is 5.60. The Balaban J connectivity index is 1.87. The van der Waals surface area contributed by atoms with Gasteiger partial charge in [0.05, 0.1) is 12.2 Å². The van der Waals surface area contributed by atoms with Crippen molar-refractivity contribution >= 4 is 5.97 Å². The minimum atomic E-state index is -1.10. The van der Waals surface area contributed by atoms with Crippen LogP contribution in [0.15, 0.2) is 28.8 Å². The molecule has 0 atom stereocenters. The molecule has 0 bridgehead atoms. The highest BCUT2D eigenvalue weighted by Gasteiger charge is 2.20. The van der Waals surface area contributed by atoms with Gasteiger partial charge in [0, 0.05) is 6.07 Å². The quantitative estimate of drug-likeness (QED) is 0.910. The number of nitrogens with zero attached hydrogens (tertiary/aromatic N) is 1. The van der Waals surface area contributed by atoms with E-state index in [4.69, 9.17) is 14.4 Å². The Kier molecular flexibility index (Phi) is 3.64. The number of hydrogen-bond acceptors (Lipinski definition) is 4. The average molecular weight is 287 g/mol. The highest BCUT2D eigenvalue weighted by atomic mass is 16.5. The van der Waals surface area contributed by atoms with E-state index in [0.29, 0.717) is 24.0 Å². The number of aromatic carboxylic acids is 1. The molecule has 1 aromatic carbocycles. The van der Waals surface area contributed by atoms with E-state index in [1.54, 1.807) is 0 Å². The van der Waals surface area contributed by atoms with Crippen molar-refractivity contribution in [1.29, 1.82) is 0 Å². The molecule has 5 nitrogen and oxygen atoms in total. The van der Waals surface area contributed by atoms with Crippen molar-refractivity contribution < 1.29 is 19.2 Å². The molecule has 1 saturated carbocycles. The summed E-state index contributed by atoms with van der Waals surface area (Å²) in [5.74, 6) is 0.651. The second-order valence-electron chi connectivity index (χ2n) is 5.49. The maximum Gasteiger partial charge on any atom is 0.358 e. The first kappa shape index (κ1) is 13.7. The molecule has 21 heavy (non-hydrogen) atoms. The molecule has 1 heterocycles. The van der Waals surface area contributed by atoms with Gasteiger partial charge in [-0.15, -0.1) is 0 Å². The van der Waals surface area contributed by atoms with Gasteiger partial charge in [0.15, 0.2) is 11.5 Å². The Morgan fingerprint density at radius 1 is 1.43 bits per heavy atom. The summed E-state index contributed by atoms with van der Waals surface area (Å²) in [4.78, 5) is 10.9. The third-order valence-corrected chi connectivity index (χ3v) is 3.83. The number of hydrogen-bond donors (Lipinski definition) is 1. The molecule has 3 rings (SSSR count). The molecule has 0 aliphatic heterocycles. The predicted molar refractivity (Wildman–Crippen MR) is 76.5 cm³/mol. The second-order valence-corrected chi connectivity index (χ2v) is 5.49. The SMILES string of the molecule is Cc1ccc(OCC2CCC2)c(-c2cc(C(=O)O)no2)c1. The number of aryl methyl sites for hydroxylation is 1. The number of carboxylic acid groups (broad SMARTS) is 1. The van der Waals surface area contributed by atoms with Gasteiger partial charge >= 0.3 is 5.97 Å². The first-order valence-electron chi connectivity index (χ1n) is 7.07. The summed E-state index contributed by atoms with van der Waals surface area (Å²) in [5.41, 5.74) is 1.69. The van der Waals surface area contributed by atoms with Crippen molar-refractivity contribution in [2.75, 3.05) is 6.61 Å². The lowest BCUT2D eigenvalue weighted by atomic mass is 9.86. The van der Waals surface area contributed by atoms with E-state index in [0.717, 1.165) is 11.1 Å². The van der Waals surface area contributed by atoms with E-state index in [2.05, 4.69) is 5.16 Å². The Morgan fingerprint density at radius 2 is 2.24 bits per heavy atom. The summed E-state index contributed by atoms with van der Waals surface area (Å²) in [6.07, 6.45) is 3.71. The number of rotatable bonds is 5. The monoisotopic (exact) mass is 287 g/mol. The summed E-state index contributed by atoms with van der Waals surface area (Å²) in [5, 5.41) is 12.5. The standard InChI is InChI=1S/C16H17NO4/c1-10-5-6-14(20-9-11-3-2-4-11)12(7-10)15-8-13(16(18)19)17-21-15/h5-8,11H,2-4,9H2,1H3,(H,18,19). The van der Waals surface area contributed by atoms with Crippen LogP contribution in [0.4, 0.5) is 0 Å². The van der Waals surface area contributed by atoms with E-state index in [9.17, 15) is 4.79 Å². The van der Waals surface area contributed by atoms with Crippen LogP contribution in [0.2, 0.25) is 0 Å². The molecule has 110 valence electrons. The van der Waals surface area contributed by atoms with Gasteiger partial charge in [0.1, 0.15) is 5.75 Å². The van der Waals surface area contributed by atoms with Crippen molar-refractivity contribution in [3.8, 4) is 17.1 Å². The van der Waals surface area contributed by atoms with E-state index >= 15 is 0 Å². The van der Waals surface area contributed by atoms with Gasteiger partial charge in [0.2, 0.25) is 0 Å². The minimum absolute atomic E-state index is 0.101. The number of ether oxygens (including phenoxy) is 1. The van der Waals surface area contributed by atoms with E-state index < -0.39 is 5.97 Å². The van der Waals surface area contributed by atoms with Gasteiger partial charge in [-0.05, 0) is 37.8 Å². The lowest BCUT2D eigenvalue weighted by Gasteiger charge is -2.25. The molecule has 0 saturated heterocycles. The number of carboxylic acids is 1. The molecule has 1 aliphatic carbocycles. The van der Waals surface area contributed by atoms with Gasteiger partial charge in [-0.2, -0.15) is 0 Å². The molecule has 0 unspecified atom stereocenters. The predicted octanol–water partition coefficient (Wildman–Crippen LogP) is 3.53. The smallest absolute Gasteiger partial charge is 0.358 e. The Morgan fingerprint density at radius 3 is 2.86 bits per heavy atom. The average Bonchev–Trinajstić information content (AvgIpc) is 2.88. The maximum atomic E-state index is 10.9. The minimum Gasteiger partial charge on any atom is -0.493 e. The van der Waals surface area contributed by atoms with Crippen molar-refractivity contribution in [2.45, 2.75) is 26.2 Å². The normalized spacial score (nSPS) is 14.7. The zero-order chi connectivity index (χ0) is 14.8. The molecule has 5 heteroatoms. The molecule has 1 aromatic heterocycles. The molecule has 1 aliphatic rings. The molecule has 0 spiro atoms. The number of benzene rings is 1. The van der Waals surface area contributed by atoms with Crippen molar-refractivity contribution in [3.05, 3.63) is 35.5 Å². The fourth-order valence-corrected chi connectivity index (χ4v) is 2.33. The van der Waals surface area contributed by atoms with Crippen molar-refractivity contribution in [3.63, 3.8) is 0 Å². The van der Waals surface area contributed by atoms with Crippen LogP contribution in [0.1, 0.15) is 35.3 Å². The van der Waals surface area contributed by atoms with Crippen LogP contribution in [-0.2, 0) is 0 Å². The Hall–Kier alpha value is -2.30. The van der Waals surface area contributed by atoms with Crippen LogP contribution in [0.3, 0.4) is 0 Å². The Bertz CT molecular complexity index is 658. The lowest BCUT2D eigenvalue weighted by Crippen LogP contribution is -2.19. The van der Waals surface area contributed by atoms with E-state index in [1.807, 2.05) is 25.1 Å². The zero-order valence-electron chi connectivity index (χ0n) is 11.8. The van der Waals surface area contributed by atoms with Crippen LogP contribution in [0, 0.1) is 12.8 Å². The number of aromatic nitrogens is 1. The number of carbonyl (C=O) groups is 1. The van der Waals surface area contributed by atoms with Crippen LogP contribution < -0.4 is 4.74 Å². The fourth-order valence-electron chi connectivity index (χ4n) is 2.33. The topological polar surface area (TPSA) is 72.6 Å². The Labute approximate surface area is 122 Å². The summed E-state index contributed by atoms with van der Waals surface area (Å²) in [7, 11) is 0. The van der Waals surface area contributed by atoms with E-state index in [1.165, 1.54) is 25.3 Å². The van der Waals surface area contributed by atoms with Gasteiger partial charge in [-0.3, -0.25) is 0 Å². The molecule has 0 radical (unpaired) electrons. The summed E-state index contributed by atoms with van der Waals surface area (Å²) >= 11 is 0. The van der Waals surface area contributed by atoms with Gasteiger partial charge in [-0.1, -0.05) is 23.2 Å². The maximum absolute atomic E-state index is 10.9. The van der Waals surface area contributed by atoms with Gasteiger partial charge in [0.25, 0.3) is 0 Å².